The molecular weight excluding hydrogens is 268 g/mol. The number of aromatic nitrogens is 3. The van der Waals surface area contributed by atoms with Gasteiger partial charge in [-0.05, 0) is 24.3 Å². The Hall–Kier alpha value is -3.15. The van der Waals surface area contributed by atoms with E-state index in [1.165, 1.54) is 4.68 Å². The summed E-state index contributed by atoms with van der Waals surface area (Å²) in [6.07, 6.45) is 0. The molecule has 2 aromatic carbocycles. The molecule has 6 nitrogen and oxygen atoms in total. The van der Waals surface area contributed by atoms with Crippen LogP contribution in [0.2, 0.25) is 0 Å². The van der Waals surface area contributed by atoms with E-state index in [4.69, 9.17) is 0 Å². The van der Waals surface area contributed by atoms with E-state index >= 15 is 0 Å². The second kappa shape index (κ2) is 5.46. The van der Waals surface area contributed by atoms with Crippen LogP contribution in [0.25, 0.3) is 5.69 Å². The van der Waals surface area contributed by atoms with Crippen LogP contribution in [-0.4, -0.2) is 20.9 Å². The Bertz CT molecular complexity index is 806. The van der Waals surface area contributed by atoms with Crippen LogP contribution < -0.4 is 10.9 Å². The predicted octanol–water partition coefficient (Wildman–Crippen LogP) is 1.81. The van der Waals surface area contributed by atoms with Crippen molar-refractivity contribution in [3.05, 3.63) is 76.7 Å². The summed E-state index contributed by atoms with van der Waals surface area (Å²) in [6, 6.07) is 17.8. The summed E-state index contributed by atoms with van der Waals surface area (Å²) in [7, 11) is 0. The third kappa shape index (κ3) is 2.59. The number of hydrogen-bond donors (Lipinski definition) is 2. The van der Waals surface area contributed by atoms with Crippen LogP contribution in [0.4, 0.5) is 5.69 Å². The molecule has 3 aromatic rings. The molecule has 0 aliphatic rings. The minimum absolute atomic E-state index is 0.178. The minimum atomic E-state index is -0.544. The van der Waals surface area contributed by atoms with Crippen molar-refractivity contribution in [3.8, 4) is 5.69 Å². The number of rotatable bonds is 3. The van der Waals surface area contributed by atoms with Crippen LogP contribution >= 0.6 is 0 Å². The molecule has 0 spiro atoms. The van der Waals surface area contributed by atoms with E-state index in [-0.39, 0.29) is 5.69 Å². The van der Waals surface area contributed by atoms with Gasteiger partial charge >= 0.3 is 5.56 Å². The lowest BCUT2D eigenvalue weighted by Crippen LogP contribution is -2.24. The van der Waals surface area contributed by atoms with Gasteiger partial charge in [0.15, 0.2) is 0 Å². The molecule has 1 heterocycles. The Morgan fingerprint density at radius 2 is 1.62 bits per heavy atom. The third-order valence-electron chi connectivity index (χ3n) is 2.93. The lowest BCUT2D eigenvalue weighted by atomic mass is 10.3. The summed E-state index contributed by atoms with van der Waals surface area (Å²) in [5.74, 6) is -0.544. The number of hydrogen-bond acceptors (Lipinski definition) is 3. The molecule has 0 saturated heterocycles. The molecule has 0 radical (unpaired) electrons. The smallest absolute Gasteiger partial charge is 0.304 e. The van der Waals surface area contributed by atoms with Gasteiger partial charge in [0.05, 0.1) is 5.69 Å². The first-order chi connectivity index (χ1) is 10.3. The van der Waals surface area contributed by atoms with E-state index in [1.54, 1.807) is 48.5 Å². The highest BCUT2D eigenvalue weighted by molar-refractivity contribution is 6.02. The first-order valence-corrected chi connectivity index (χ1v) is 6.35. The molecule has 1 aromatic heterocycles. The van der Waals surface area contributed by atoms with Crippen molar-refractivity contribution < 1.29 is 4.79 Å². The molecule has 0 bridgehead atoms. The summed E-state index contributed by atoms with van der Waals surface area (Å²) in [5, 5.41) is 8.98. The van der Waals surface area contributed by atoms with Crippen LogP contribution in [-0.2, 0) is 0 Å². The van der Waals surface area contributed by atoms with Gasteiger partial charge in [0.25, 0.3) is 5.91 Å². The first kappa shape index (κ1) is 12.9. The quantitative estimate of drug-likeness (QED) is 0.768. The SMILES string of the molecule is O=C(Nc1ccccc1)c1n[nH]n(-c2ccccc2)c1=O. The summed E-state index contributed by atoms with van der Waals surface area (Å²) in [5.41, 5.74) is 0.558. The Morgan fingerprint density at radius 3 is 2.29 bits per heavy atom. The number of carbonyl (C=O) groups excluding carboxylic acids is 1. The van der Waals surface area contributed by atoms with Crippen molar-refractivity contribution in [1.82, 2.24) is 15.0 Å². The van der Waals surface area contributed by atoms with Crippen molar-refractivity contribution in [2.45, 2.75) is 0 Å². The van der Waals surface area contributed by atoms with Crippen molar-refractivity contribution in [1.29, 1.82) is 0 Å². The molecule has 0 saturated carbocycles. The number of aromatic amines is 1. The van der Waals surface area contributed by atoms with Crippen molar-refractivity contribution >= 4 is 11.6 Å². The van der Waals surface area contributed by atoms with E-state index < -0.39 is 11.5 Å². The number of para-hydroxylation sites is 2. The Labute approximate surface area is 120 Å². The Morgan fingerprint density at radius 1 is 1.00 bits per heavy atom. The summed E-state index contributed by atoms with van der Waals surface area (Å²) in [4.78, 5) is 24.3. The van der Waals surface area contributed by atoms with Gasteiger partial charge in [0.2, 0.25) is 5.69 Å². The first-order valence-electron chi connectivity index (χ1n) is 6.35. The normalized spacial score (nSPS) is 10.3. The maximum absolute atomic E-state index is 12.2. The monoisotopic (exact) mass is 280 g/mol. The molecule has 104 valence electrons. The number of anilines is 1. The average Bonchev–Trinajstić information content (AvgIpc) is 2.91. The highest BCUT2D eigenvalue weighted by Crippen LogP contribution is 2.06. The second-order valence-corrected chi connectivity index (χ2v) is 4.36. The molecule has 1 amide bonds. The van der Waals surface area contributed by atoms with Gasteiger partial charge < -0.3 is 5.32 Å². The van der Waals surface area contributed by atoms with Gasteiger partial charge in [-0.15, -0.1) is 5.10 Å². The minimum Gasteiger partial charge on any atom is -0.320 e. The number of H-pyrrole nitrogens is 1. The highest BCUT2D eigenvalue weighted by Gasteiger charge is 2.17. The Kier molecular flexibility index (Phi) is 3.34. The summed E-state index contributed by atoms with van der Waals surface area (Å²) in [6.45, 7) is 0. The fourth-order valence-corrected chi connectivity index (χ4v) is 1.91. The summed E-state index contributed by atoms with van der Waals surface area (Å²) < 4.78 is 1.22. The standard InChI is InChI=1S/C15H12N4O2/c20-14(16-11-7-3-1-4-8-11)13-15(21)19(18-17-13)12-9-5-2-6-10-12/h1-10,18H,(H,16,20). The van der Waals surface area contributed by atoms with Gasteiger partial charge in [-0.3, -0.25) is 9.59 Å². The maximum atomic E-state index is 12.2. The zero-order chi connectivity index (χ0) is 14.7. The molecule has 2 N–H and O–H groups in total. The molecular formula is C15H12N4O2. The van der Waals surface area contributed by atoms with Crippen LogP contribution in [0.3, 0.4) is 0 Å². The van der Waals surface area contributed by atoms with Crippen LogP contribution in [0.1, 0.15) is 10.5 Å². The number of nitrogens with one attached hydrogen (secondary N) is 2. The molecule has 0 aliphatic carbocycles. The van der Waals surface area contributed by atoms with E-state index in [2.05, 4.69) is 15.6 Å². The van der Waals surface area contributed by atoms with Gasteiger partial charge in [-0.25, -0.2) is 9.90 Å². The predicted molar refractivity (Wildman–Crippen MR) is 78.6 cm³/mol. The van der Waals surface area contributed by atoms with Crippen LogP contribution in [0.5, 0.6) is 0 Å². The van der Waals surface area contributed by atoms with Crippen molar-refractivity contribution in [3.63, 3.8) is 0 Å². The lowest BCUT2D eigenvalue weighted by Gasteiger charge is -2.01. The fraction of sp³-hybridized carbons (Fsp3) is 0. The molecule has 21 heavy (non-hydrogen) atoms. The summed E-state index contributed by atoms with van der Waals surface area (Å²) >= 11 is 0. The third-order valence-corrected chi connectivity index (χ3v) is 2.93. The highest BCUT2D eigenvalue weighted by atomic mass is 16.2. The lowest BCUT2D eigenvalue weighted by molar-refractivity contribution is 0.102. The topological polar surface area (TPSA) is 79.8 Å². The van der Waals surface area contributed by atoms with Gasteiger partial charge in [0, 0.05) is 5.69 Å². The van der Waals surface area contributed by atoms with E-state index in [1.807, 2.05) is 12.1 Å². The van der Waals surface area contributed by atoms with E-state index in [9.17, 15) is 9.59 Å². The van der Waals surface area contributed by atoms with Gasteiger partial charge in [-0.1, -0.05) is 36.4 Å². The van der Waals surface area contributed by atoms with E-state index in [0.29, 0.717) is 11.4 Å². The molecule has 0 fully saturated rings. The van der Waals surface area contributed by atoms with Crippen molar-refractivity contribution in [2.24, 2.45) is 0 Å². The van der Waals surface area contributed by atoms with Gasteiger partial charge in [-0.2, -0.15) is 0 Å². The van der Waals surface area contributed by atoms with Crippen molar-refractivity contribution in [2.75, 3.05) is 5.32 Å². The number of benzene rings is 2. The number of carbonyl (C=O) groups is 1. The molecule has 6 heteroatoms. The maximum Gasteiger partial charge on any atom is 0.304 e. The van der Waals surface area contributed by atoms with Gasteiger partial charge in [0.1, 0.15) is 0 Å². The largest absolute Gasteiger partial charge is 0.320 e. The molecule has 3 rings (SSSR count). The Balaban J connectivity index is 1.89. The van der Waals surface area contributed by atoms with E-state index in [0.717, 1.165) is 0 Å². The molecule has 0 unspecified atom stereocenters. The van der Waals surface area contributed by atoms with Crippen LogP contribution in [0, 0.1) is 0 Å². The second-order valence-electron chi connectivity index (χ2n) is 4.36. The molecule has 0 atom stereocenters. The number of nitrogens with zero attached hydrogens (tertiary/aromatic N) is 2. The van der Waals surface area contributed by atoms with Crippen LogP contribution in [0.15, 0.2) is 65.5 Å². The zero-order valence-corrected chi connectivity index (χ0v) is 11.0. The number of amides is 1. The molecule has 0 aliphatic heterocycles. The average molecular weight is 280 g/mol. The fourth-order valence-electron chi connectivity index (χ4n) is 1.91. The zero-order valence-electron chi connectivity index (χ0n) is 11.0.